The average Bonchev–Trinajstić information content (AvgIpc) is 3.34. The van der Waals surface area contributed by atoms with Crippen LogP contribution in [0.15, 0.2) is 48.1 Å². The van der Waals surface area contributed by atoms with E-state index < -0.39 is 0 Å². The molecule has 1 fully saturated rings. The van der Waals surface area contributed by atoms with Gasteiger partial charge < -0.3 is 4.90 Å². The van der Waals surface area contributed by atoms with Gasteiger partial charge in [-0.1, -0.05) is 51.1 Å². The van der Waals surface area contributed by atoms with Crippen molar-refractivity contribution in [3.8, 4) is 0 Å². The van der Waals surface area contributed by atoms with Gasteiger partial charge in [-0.2, -0.15) is 5.10 Å². The van der Waals surface area contributed by atoms with Crippen LogP contribution in [-0.4, -0.2) is 56.7 Å². The number of nitrogens with zero attached hydrogens (tertiary/aromatic N) is 5. The van der Waals surface area contributed by atoms with Gasteiger partial charge in [-0.25, -0.2) is 4.98 Å². The van der Waals surface area contributed by atoms with Crippen LogP contribution in [0.25, 0.3) is 0 Å². The molecule has 0 spiro atoms. The summed E-state index contributed by atoms with van der Waals surface area (Å²) in [5.74, 6) is 0.0739. The lowest BCUT2D eigenvalue weighted by molar-refractivity contribution is 0.0761. The van der Waals surface area contributed by atoms with Crippen molar-refractivity contribution in [2.75, 3.05) is 26.2 Å². The molecule has 3 heterocycles. The lowest BCUT2D eigenvalue weighted by Crippen LogP contribution is -2.35. The molecule has 0 aliphatic carbocycles. The molecule has 1 aromatic carbocycles. The van der Waals surface area contributed by atoms with Gasteiger partial charge in [0.25, 0.3) is 5.91 Å². The summed E-state index contributed by atoms with van der Waals surface area (Å²) in [6, 6.07) is 10.2. The predicted octanol–water partition coefficient (Wildman–Crippen LogP) is 4.03. The Morgan fingerprint density at radius 2 is 1.87 bits per heavy atom. The molecule has 0 saturated carbocycles. The van der Waals surface area contributed by atoms with Crippen LogP contribution in [-0.2, 0) is 18.5 Å². The molecule has 1 aliphatic heterocycles. The second kappa shape index (κ2) is 9.32. The van der Waals surface area contributed by atoms with E-state index in [9.17, 15) is 4.79 Å². The highest BCUT2D eigenvalue weighted by molar-refractivity contribution is 7.09. The van der Waals surface area contributed by atoms with Crippen LogP contribution in [0.5, 0.6) is 0 Å². The Bertz CT molecular complexity index is 1000. The number of amides is 1. The lowest BCUT2D eigenvalue weighted by atomic mass is 9.98. The van der Waals surface area contributed by atoms with Crippen molar-refractivity contribution < 1.29 is 4.79 Å². The largest absolute Gasteiger partial charge is 0.337 e. The normalized spacial score (nSPS) is 15.8. The molecule has 0 bridgehead atoms. The number of carbonyl (C=O) groups is 1. The average molecular weight is 438 g/mol. The lowest BCUT2D eigenvalue weighted by Gasteiger charge is -2.21. The number of thiazole rings is 1. The van der Waals surface area contributed by atoms with E-state index in [0.29, 0.717) is 12.1 Å². The Kier molecular flexibility index (Phi) is 6.53. The fourth-order valence-electron chi connectivity index (χ4n) is 3.80. The van der Waals surface area contributed by atoms with Crippen molar-refractivity contribution in [1.29, 1.82) is 0 Å². The van der Waals surface area contributed by atoms with Crippen LogP contribution in [0.1, 0.15) is 53.8 Å². The van der Waals surface area contributed by atoms with Crippen LogP contribution in [0, 0.1) is 0 Å². The van der Waals surface area contributed by atoms with Crippen LogP contribution in [0.3, 0.4) is 0 Å². The number of hydrogen-bond donors (Lipinski definition) is 0. The van der Waals surface area contributed by atoms with Crippen molar-refractivity contribution in [3.05, 3.63) is 69.9 Å². The quantitative estimate of drug-likeness (QED) is 0.605. The molecule has 0 N–H and O–H groups in total. The van der Waals surface area contributed by atoms with Crippen molar-refractivity contribution in [3.63, 3.8) is 0 Å². The van der Waals surface area contributed by atoms with Crippen molar-refractivity contribution in [1.82, 2.24) is 24.6 Å². The Balaban J connectivity index is 1.33. The first-order chi connectivity index (χ1) is 14.9. The maximum absolute atomic E-state index is 13.0. The molecule has 0 radical (unpaired) electrons. The Labute approximate surface area is 188 Å². The predicted molar refractivity (Wildman–Crippen MR) is 124 cm³/mol. The topological polar surface area (TPSA) is 54.3 Å². The summed E-state index contributed by atoms with van der Waals surface area (Å²) in [4.78, 5) is 22.2. The van der Waals surface area contributed by atoms with E-state index >= 15 is 0 Å². The number of aromatic nitrogens is 3. The second-order valence-corrected chi connectivity index (χ2v) is 10.1. The molecular weight excluding hydrogens is 406 g/mol. The van der Waals surface area contributed by atoms with Gasteiger partial charge in [-0.3, -0.25) is 14.4 Å². The molecule has 6 nitrogen and oxygen atoms in total. The van der Waals surface area contributed by atoms with Crippen molar-refractivity contribution >= 4 is 17.2 Å². The molecule has 4 rings (SSSR count). The van der Waals surface area contributed by atoms with E-state index in [2.05, 4.69) is 48.3 Å². The highest BCUT2D eigenvalue weighted by atomic mass is 32.1. The van der Waals surface area contributed by atoms with E-state index in [-0.39, 0.29) is 11.3 Å². The molecular formula is C24H31N5OS. The number of rotatable bonds is 5. The summed E-state index contributed by atoms with van der Waals surface area (Å²) in [5, 5.41) is 7.75. The third-order valence-electron chi connectivity index (χ3n) is 5.52. The minimum atomic E-state index is 0.0739. The molecule has 2 aromatic heterocycles. The fourth-order valence-corrected chi connectivity index (χ4v) is 4.70. The summed E-state index contributed by atoms with van der Waals surface area (Å²) in [7, 11) is 0. The fraction of sp³-hybridized carbons (Fsp3) is 0.458. The van der Waals surface area contributed by atoms with Crippen LogP contribution in [0.4, 0.5) is 0 Å². The zero-order valence-corrected chi connectivity index (χ0v) is 19.4. The minimum Gasteiger partial charge on any atom is -0.337 e. The number of carbonyl (C=O) groups excluding carboxylic acids is 1. The van der Waals surface area contributed by atoms with Gasteiger partial charge in [0, 0.05) is 49.7 Å². The molecule has 3 aromatic rings. The second-order valence-electron chi connectivity index (χ2n) is 9.23. The smallest absolute Gasteiger partial charge is 0.257 e. The van der Waals surface area contributed by atoms with E-state index in [0.717, 1.165) is 44.8 Å². The van der Waals surface area contributed by atoms with E-state index in [1.54, 1.807) is 17.5 Å². The molecule has 0 atom stereocenters. The van der Waals surface area contributed by atoms with Crippen LogP contribution < -0.4 is 0 Å². The molecule has 1 aliphatic rings. The third kappa shape index (κ3) is 5.60. The van der Waals surface area contributed by atoms with Crippen molar-refractivity contribution in [2.24, 2.45) is 0 Å². The molecule has 1 amide bonds. The first-order valence-corrected chi connectivity index (χ1v) is 11.8. The highest BCUT2D eigenvalue weighted by Crippen LogP contribution is 2.26. The zero-order valence-electron chi connectivity index (χ0n) is 18.6. The zero-order chi connectivity index (χ0) is 21.8. The molecule has 31 heavy (non-hydrogen) atoms. The van der Waals surface area contributed by atoms with E-state index in [4.69, 9.17) is 4.98 Å². The van der Waals surface area contributed by atoms with Gasteiger partial charge in [0.2, 0.25) is 0 Å². The van der Waals surface area contributed by atoms with Gasteiger partial charge >= 0.3 is 0 Å². The summed E-state index contributed by atoms with van der Waals surface area (Å²) in [6.45, 7) is 11.5. The Morgan fingerprint density at radius 3 is 2.61 bits per heavy atom. The first kappa shape index (κ1) is 21.7. The SMILES string of the molecule is CC(C)(C)c1nc(CN2CCCN(C(=O)c3cnn(Cc4ccccc4)c3)CC2)cs1. The number of hydrogen-bond acceptors (Lipinski definition) is 5. The van der Waals surface area contributed by atoms with E-state index in [1.807, 2.05) is 34.0 Å². The maximum atomic E-state index is 13.0. The van der Waals surface area contributed by atoms with Gasteiger partial charge in [0.15, 0.2) is 0 Å². The first-order valence-electron chi connectivity index (χ1n) is 10.9. The molecule has 7 heteroatoms. The standard InChI is InChI=1S/C24H31N5OS/c1-24(2,3)23-26-21(18-31-23)17-27-10-7-11-28(13-12-27)22(30)20-14-25-29(16-20)15-19-8-5-4-6-9-19/h4-6,8-9,14,16,18H,7,10-13,15,17H2,1-3H3. The highest BCUT2D eigenvalue weighted by Gasteiger charge is 2.23. The molecule has 164 valence electrons. The monoisotopic (exact) mass is 437 g/mol. The van der Waals surface area contributed by atoms with Gasteiger partial charge in [0.05, 0.1) is 29.0 Å². The Hall–Kier alpha value is -2.51. The Morgan fingerprint density at radius 1 is 1.06 bits per heavy atom. The van der Waals surface area contributed by atoms with Gasteiger partial charge in [-0.15, -0.1) is 11.3 Å². The maximum Gasteiger partial charge on any atom is 0.257 e. The van der Waals surface area contributed by atoms with Gasteiger partial charge in [0.1, 0.15) is 0 Å². The van der Waals surface area contributed by atoms with Crippen LogP contribution in [0.2, 0.25) is 0 Å². The summed E-state index contributed by atoms with van der Waals surface area (Å²) < 4.78 is 1.84. The van der Waals surface area contributed by atoms with Gasteiger partial charge in [-0.05, 0) is 12.0 Å². The minimum absolute atomic E-state index is 0.0739. The summed E-state index contributed by atoms with van der Waals surface area (Å²) in [5.41, 5.74) is 3.07. The number of benzene rings is 1. The van der Waals surface area contributed by atoms with E-state index in [1.165, 1.54) is 10.6 Å². The third-order valence-corrected chi connectivity index (χ3v) is 6.84. The summed E-state index contributed by atoms with van der Waals surface area (Å²) >= 11 is 1.74. The molecule has 1 saturated heterocycles. The summed E-state index contributed by atoms with van der Waals surface area (Å²) in [6.07, 6.45) is 4.53. The molecule has 0 unspecified atom stereocenters. The van der Waals surface area contributed by atoms with Crippen molar-refractivity contribution in [2.45, 2.75) is 45.7 Å². The van der Waals surface area contributed by atoms with Crippen LogP contribution >= 0.6 is 11.3 Å².